The zero-order chi connectivity index (χ0) is 23.8. The lowest BCUT2D eigenvalue weighted by molar-refractivity contribution is -0.156. The summed E-state index contributed by atoms with van der Waals surface area (Å²) >= 11 is 0. The predicted molar refractivity (Wildman–Crippen MR) is 138 cm³/mol. The number of esters is 1. The number of rotatable bonds is 10. The Bertz CT molecular complexity index is 1270. The zero-order valence-corrected chi connectivity index (χ0v) is 19.7. The second-order valence-electron chi connectivity index (χ2n) is 7.99. The van der Waals surface area contributed by atoms with Gasteiger partial charge < -0.3 is 14.2 Å². The molecule has 4 aromatic carbocycles. The van der Waals surface area contributed by atoms with E-state index in [0.29, 0.717) is 26.2 Å². The summed E-state index contributed by atoms with van der Waals surface area (Å²) in [5.74, 6) is 0.455. The monoisotopic (exact) mass is 454 g/mol. The van der Waals surface area contributed by atoms with Gasteiger partial charge in [-0.3, -0.25) is 0 Å². The van der Waals surface area contributed by atoms with Crippen LogP contribution in [-0.4, -0.2) is 31.9 Å². The number of fused-ring (bicyclic) bond motifs is 3. The van der Waals surface area contributed by atoms with Crippen molar-refractivity contribution in [2.45, 2.75) is 26.4 Å². The first-order chi connectivity index (χ1) is 16.7. The van der Waals surface area contributed by atoms with Gasteiger partial charge in [0.15, 0.2) is 6.10 Å². The van der Waals surface area contributed by atoms with E-state index in [1.54, 1.807) is 6.92 Å². The minimum absolute atomic E-state index is 0.323. The molecule has 0 saturated heterocycles. The van der Waals surface area contributed by atoms with Crippen LogP contribution in [0.1, 0.15) is 25.0 Å². The molecule has 0 saturated carbocycles. The Morgan fingerprint density at radius 1 is 0.853 bits per heavy atom. The lowest BCUT2D eigenvalue weighted by atomic mass is 9.97. The summed E-state index contributed by atoms with van der Waals surface area (Å²) in [6.07, 6.45) is 4.05. The molecule has 34 heavy (non-hydrogen) atoms. The Labute approximate surface area is 200 Å². The van der Waals surface area contributed by atoms with Crippen LogP contribution in [0.5, 0.6) is 5.75 Å². The van der Waals surface area contributed by atoms with Gasteiger partial charge in [-0.05, 0) is 70.8 Å². The van der Waals surface area contributed by atoms with Gasteiger partial charge in [0.25, 0.3) is 0 Å². The molecule has 4 nitrogen and oxygen atoms in total. The molecule has 0 fully saturated rings. The van der Waals surface area contributed by atoms with E-state index in [1.807, 2.05) is 37.3 Å². The summed E-state index contributed by atoms with van der Waals surface area (Å²) in [6, 6.07) is 26.9. The Morgan fingerprint density at radius 2 is 1.56 bits per heavy atom. The van der Waals surface area contributed by atoms with Gasteiger partial charge in [0.05, 0.1) is 6.61 Å². The minimum Gasteiger partial charge on any atom is -0.490 e. The highest BCUT2D eigenvalue weighted by Crippen LogP contribution is 2.29. The second kappa shape index (κ2) is 11.5. The van der Waals surface area contributed by atoms with Gasteiger partial charge in [-0.2, -0.15) is 0 Å². The van der Waals surface area contributed by atoms with Gasteiger partial charge in [-0.15, -0.1) is 0 Å². The van der Waals surface area contributed by atoms with Crippen molar-refractivity contribution in [1.29, 1.82) is 0 Å². The summed E-state index contributed by atoms with van der Waals surface area (Å²) in [4.78, 5) is 12.1. The van der Waals surface area contributed by atoms with Gasteiger partial charge >= 0.3 is 5.97 Å². The Hall–Kier alpha value is -3.63. The van der Waals surface area contributed by atoms with Crippen LogP contribution < -0.4 is 4.74 Å². The maximum absolute atomic E-state index is 12.1. The van der Waals surface area contributed by atoms with Crippen molar-refractivity contribution in [3.05, 3.63) is 96.1 Å². The number of carbonyl (C=O) groups is 1. The molecule has 0 aliphatic rings. The van der Waals surface area contributed by atoms with Crippen LogP contribution in [0.25, 0.3) is 27.6 Å². The van der Waals surface area contributed by atoms with Crippen LogP contribution in [-0.2, 0) is 20.7 Å². The van der Waals surface area contributed by atoms with Crippen molar-refractivity contribution in [3.8, 4) is 5.75 Å². The lowest BCUT2D eigenvalue weighted by Gasteiger charge is -2.15. The number of benzene rings is 4. The summed E-state index contributed by atoms with van der Waals surface area (Å²) in [7, 11) is 0. The third kappa shape index (κ3) is 5.64. The molecule has 0 aliphatic heterocycles. The van der Waals surface area contributed by atoms with Crippen LogP contribution in [0.4, 0.5) is 0 Å². The smallest absolute Gasteiger partial charge is 0.335 e. The summed E-state index contributed by atoms with van der Waals surface area (Å²) < 4.78 is 16.6. The maximum Gasteiger partial charge on any atom is 0.335 e. The van der Waals surface area contributed by atoms with Crippen LogP contribution >= 0.6 is 0 Å². The van der Waals surface area contributed by atoms with E-state index in [1.165, 1.54) is 27.1 Å². The molecule has 0 heterocycles. The fourth-order valence-corrected chi connectivity index (χ4v) is 4.12. The van der Waals surface area contributed by atoms with Crippen molar-refractivity contribution < 1.29 is 19.0 Å². The quantitative estimate of drug-likeness (QED) is 0.200. The molecule has 0 spiro atoms. The average Bonchev–Trinajstić information content (AvgIpc) is 2.87. The van der Waals surface area contributed by atoms with Gasteiger partial charge in [0.1, 0.15) is 12.4 Å². The van der Waals surface area contributed by atoms with Crippen molar-refractivity contribution in [1.82, 2.24) is 0 Å². The molecule has 174 valence electrons. The van der Waals surface area contributed by atoms with Crippen LogP contribution in [0.3, 0.4) is 0 Å². The Morgan fingerprint density at radius 3 is 2.29 bits per heavy atom. The molecule has 4 heteroatoms. The highest BCUT2D eigenvalue weighted by Gasteiger charge is 2.20. The van der Waals surface area contributed by atoms with Gasteiger partial charge in [0, 0.05) is 13.0 Å². The molecule has 0 amide bonds. The largest absolute Gasteiger partial charge is 0.490 e. The predicted octanol–water partition coefficient (Wildman–Crippen LogP) is 6.60. The first-order valence-electron chi connectivity index (χ1n) is 11.8. The standard InChI is InChI=1S/C30H30O4/c1-3-32-29(30(31)33-4-2)20-22-15-17-25(18-16-22)34-19-9-11-24-21-23-10-5-6-12-26(23)28-14-8-7-13-27(24)28/h5-18,21,29H,3-4,19-20H2,1-2H3/t29-/m0/s1. The second-order valence-corrected chi connectivity index (χ2v) is 7.99. The Kier molecular flexibility index (Phi) is 7.95. The first kappa shape index (κ1) is 23.5. The van der Waals surface area contributed by atoms with Gasteiger partial charge in [-0.1, -0.05) is 66.7 Å². The molecule has 4 aromatic rings. The Balaban J connectivity index is 1.40. The molecular formula is C30H30O4. The first-order valence-corrected chi connectivity index (χ1v) is 11.8. The zero-order valence-electron chi connectivity index (χ0n) is 19.7. The van der Waals surface area contributed by atoms with E-state index < -0.39 is 6.10 Å². The van der Waals surface area contributed by atoms with Crippen molar-refractivity contribution >= 4 is 33.6 Å². The van der Waals surface area contributed by atoms with E-state index in [4.69, 9.17) is 14.2 Å². The minimum atomic E-state index is -0.587. The van der Waals surface area contributed by atoms with E-state index >= 15 is 0 Å². The number of hydrogen-bond donors (Lipinski definition) is 0. The molecule has 0 aromatic heterocycles. The SMILES string of the molecule is CCOC(=O)[C@H](Cc1ccc(OCC=Cc2cc3ccccc3c3ccccc23)cc1)OCC. The molecule has 4 rings (SSSR count). The molecule has 0 bridgehead atoms. The van der Waals surface area contributed by atoms with Gasteiger partial charge in [-0.25, -0.2) is 4.79 Å². The van der Waals surface area contributed by atoms with Crippen molar-refractivity contribution in [3.63, 3.8) is 0 Å². The molecular weight excluding hydrogens is 424 g/mol. The fourth-order valence-electron chi connectivity index (χ4n) is 4.12. The topological polar surface area (TPSA) is 44.8 Å². The highest BCUT2D eigenvalue weighted by molar-refractivity contribution is 6.10. The average molecular weight is 455 g/mol. The number of ether oxygens (including phenoxy) is 3. The van der Waals surface area contributed by atoms with E-state index in [-0.39, 0.29) is 5.97 Å². The van der Waals surface area contributed by atoms with Gasteiger partial charge in [0.2, 0.25) is 0 Å². The molecule has 0 radical (unpaired) electrons. The van der Waals surface area contributed by atoms with E-state index in [0.717, 1.165) is 11.3 Å². The van der Waals surface area contributed by atoms with E-state index in [9.17, 15) is 4.79 Å². The molecule has 0 N–H and O–H groups in total. The van der Waals surface area contributed by atoms with E-state index in [2.05, 4.69) is 60.7 Å². The van der Waals surface area contributed by atoms with Crippen LogP contribution in [0, 0.1) is 0 Å². The normalized spacial score (nSPS) is 12.3. The number of hydrogen-bond acceptors (Lipinski definition) is 4. The highest BCUT2D eigenvalue weighted by atomic mass is 16.6. The molecule has 0 unspecified atom stereocenters. The maximum atomic E-state index is 12.1. The van der Waals surface area contributed by atoms with Crippen molar-refractivity contribution in [2.75, 3.05) is 19.8 Å². The van der Waals surface area contributed by atoms with Crippen molar-refractivity contribution in [2.24, 2.45) is 0 Å². The summed E-state index contributed by atoms with van der Waals surface area (Å²) in [6.45, 7) is 4.94. The fraction of sp³-hybridized carbons (Fsp3) is 0.233. The summed E-state index contributed by atoms with van der Waals surface area (Å²) in [5, 5.41) is 4.98. The third-order valence-corrected chi connectivity index (χ3v) is 5.71. The third-order valence-electron chi connectivity index (χ3n) is 5.71. The molecule has 0 aliphatic carbocycles. The molecule has 1 atom stereocenters. The van der Waals surface area contributed by atoms with Crippen LogP contribution in [0.15, 0.2) is 84.9 Å². The number of carbonyl (C=O) groups excluding carboxylic acids is 1. The lowest BCUT2D eigenvalue weighted by Crippen LogP contribution is -2.28. The van der Waals surface area contributed by atoms with Crippen LogP contribution in [0.2, 0.25) is 0 Å². The summed E-state index contributed by atoms with van der Waals surface area (Å²) in [5.41, 5.74) is 2.17.